The van der Waals surface area contributed by atoms with Gasteiger partial charge in [-0.05, 0) is 49.9 Å². The number of rotatable bonds is 5. The molecule has 0 aliphatic carbocycles. The van der Waals surface area contributed by atoms with Crippen molar-refractivity contribution in [1.82, 2.24) is 9.88 Å². The van der Waals surface area contributed by atoms with Gasteiger partial charge >= 0.3 is 0 Å². The van der Waals surface area contributed by atoms with Gasteiger partial charge in [-0.3, -0.25) is 0 Å². The summed E-state index contributed by atoms with van der Waals surface area (Å²) >= 11 is 0. The second-order valence-corrected chi connectivity index (χ2v) is 7.08. The number of H-pyrrole nitrogens is 1. The van der Waals surface area contributed by atoms with Crippen LogP contribution in [-0.4, -0.2) is 35.6 Å². The van der Waals surface area contributed by atoms with Gasteiger partial charge in [0.15, 0.2) is 0 Å². The van der Waals surface area contributed by atoms with Gasteiger partial charge in [0, 0.05) is 36.7 Å². The van der Waals surface area contributed by atoms with Gasteiger partial charge in [0.25, 0.3) is 0 Å². The second kappa shape index (κ2) is 7.32. The maximum atomic E-state index is 6.13. The van der Waals surface area contributed by atoms with E-state index in [0.717, 1.165) is 44.6 Å². The molecular weight excluding hydrogens is 308 g/mol. The summed E-state index contributed by atoms with van der Waals surface area (Å²) in [6, 6.07) is 17.0. The summed E-state index contributed by atoms with van der Waals surface area (Å²) in [7, 11) is 0. The topological polar surface area (TPSA) is 28.3 Å². The zero-order valence-electron chi connectivity index (χ0n) is 14.9. The molecule has 1 aromatic heterocycles. The second-order valence-electron chi connectivity index (χ2n) is 7.08. The first-order valence-electron chi connectivity index (χ1n) is 9.28. The van der Waals surface area contributed by atoms with E-state index in [9.17, 15) is 0 Å². The summed E-state index contributed by atoms with van der Waals surface area (Å²) in [5.41, 5.74) is 3.94. The van der Waals surface area contributed by atoms with Crippen LogP contribution in [0.2, 0.25) is 0 Å². The highest BCUT2D eigenvalue weighted by Crippen LogP contribution is 2.21. The van der Waals surface area contributed by atoms with Crippen LogP contribution in [0.5, 0.6) is 5.75 Å². The van der Waals surface area contributed by atoms with Crippen molar-refractivity contribution in [1.29, 1.82) is 0 Å². The summed E-state index contributed by atoms with van der Waals surface area (Å²) in [5, 5.41) is 1.36. The summed E-state index contributed by atoms with van der Waals surface area (Å²) in [4.78, 5) is 5.94. The van der Waals surface area contributed by atoms with Crippen LogP contribution in [-0.2, 0) is 6.42 Å². The average molecular weight is 334 g/mol. The Morgan fingerprint density at radius 3 is 2.60 bits per heavy atom. The van der Waals surface area contributed by atoms with Crippen LogP contribution < -0.4 is 4.74 Å². The number of likely N-dealkylation sites (tertiary alicyclic amines) is 1. The normalized spacial score (nSPS) is 16.4. The first kappa shape index (κ1) is 16.2. The molecule has 1 N–H and O–H groups in total. The molecular formula is C22H26N2O. The maximum Gasteiger partial charge on any atom is 0.119 e. The Morgan fingerprint density at radius 2 is 1.80 bits per heavy atom. The summed E-state index contributed by atoms with van der Waals surface area (Å²) in [5.74, 6) is 1.00. The molecule has 1 aliphatic rings. The van der Waals surface area contributed by atoms with Gasteiger partial charge in [-0.2, -0.15) is 0 Å². The first-order valence-corrected chi connectivity index (χ1v) is 9.28. The van der Waals surface area contributed by atoms with Crippen molar-refractivity contribution in [2.24, 2.45) is 0 Å². The van der Waals surface area contributed by atoms with E-state index in [0.29, 0.717) is 6.10 Å². The third kappa shape index (κ3) is 3.88. The Balaban J connectivity index is 1.27. The molecule has 1 fully saturated rings. The lowest BCUT2D eigenvalue weighted by Gasteiger charge is -2.32. The number of aromatic nitrogens is 1. The Bertz CT molecular complexity index is 813. The van der Waals surface area contributed by atoms with Crippen LogP contribution in [0.4, 0.5) is 0 Å². The number of hydrogen-bond donors (Lipinski definition) is 1. The van der Waals surface area contributed by atoms with Crippen LogP contribution in [0, 0.1) is 6.92 Å². The molecule has 0 amide bonds. The summed E-state index contributed by atoms with van der Waals surface area (Å²) in [6.45, 7) is 5.48. The van der Waals surface area contributed by atoms with Gasteiger partial charge in [-0.15, -0.1) is 0 Å². The van der Waals surface area contributed by atoms with Gasteiger partial charge in [-0.25, -0.2) is 0 Å². The standard InChI is InChI=1S/C22H26N2O/c1-17-6-8-19(9-7-17)25-20-11-14-24(15-12-20)13-10-18-16-23-22-5-3-2-4-21(18)22/h2-9,16,20,23H,10-15H2,1H3. The number of nitrogens with one attached hydrogen (secondary N) is 1. The number of aromatic amines is 1. The van der Waals surface area contributed by atoms with Crippen molar-refractivity contribution in [3.63, 3.8) is 0 Å². The van der Waals surface area contributed by atoms with Crippen molar-refractivity contribution >= 4 is 10.9 Å². The molecule has 3 heteroatoms. The molecule has 2 aromatic carbocycles. The fourth-order valence-corrected chi connectivity index (χ4v) is 3.68. The van der Waals surface area contributed by atoms with E-state index < -0.39 is 0 Å². The molecule has 0 saturated carbocycles. The Hall–Kier alpha value is -2.26. The number of nitrogens with zero attached hydrogens (tertiary/aromatic N) is 1. The lowest BCUT2D eigenvalue weighted by Crippen LogP contribution is -2.39. The molecule has 0 atom stereocenters. The molecule has 0 radical (unpaired) electrons. The van der Waals surface area contributed by atoms with E-state index in [4.69, 9.17) is 4.74 Å². The van der Waals surface area contributed by atoms with E-state index in [1.54, 1.807) is 0 Å². The minimum Gasteiger partial charge on any atom is -0.490 e. The van der Waals surface area contributed by atoms with Crippen molar-refractivity contribution < 1.29 is 4.74 Å². The molecule has 3 nitrogen and oxygen atoms in total. The van der Waals surface area contributed by atoms with Gasteiger partial charge in [0.05, 0.1) is 0 Å². The molecule has 1 saturated heterocycles. The van der Waals surface area contributed by atoms with E-state index in [1.807, 2.05) is 0 Å². The highest BCUT2D eigenvalue weighted by molar-refractivity contribution is 5.83. The third-order valence-electron chi connectivity index (χ3n) is 5.23. The zero-order chi connectivity index (χ0) is 17.1. The minimum absolute atomic E-state index is 0.354. The molecule has 4 rings (SSSR count). The number of ether oxygens (including phenoxy) is 1. The molecule has 0 spiro atoms. The van der Waals surface area contributed by atoms with Crippen molar-refractivity contribution in [3.05, 3.63) is 65.9 Å². The predicted molar refractivity (Wildman–Crippen MR) is 103 cm³/mol. The highest BCUT2D eigenvalue weighted by atomic mass is 16.5. The molecule has 0 bridgehead atoms. The minimum atomic E-state index is 0.354. The van der Waals surface area contributed by atoms with E-state index in [-0.39, 0.29) is 0 Å². The monoisotopic (exact) mass is 334 g/mol. The number of aryl methyl sites for hydroxylation is 1. The van der Waals surface area contributed by atoms with Crippen LogP contribution in [0.15, 0.2) is 54.7 Å². The molecule has 0 unspecified atom stereocenters. The first-order chi connectivity index (χ1) is 12.3. The fraction of sp³-hybridized carbons (Fsp3) is 0.364. The Kier molecular flexibility index (Phi) is 4.75. The number of fused-ring (bicyclic) bond motifs is 1. The van der Waals surface area contributed by atoms with Gasteiger partial charge < -0.3 is 14.6 Å². The van der Waals surface area contributed by atoms with E-state index in [1.165, 1.54) is 22.0 Å². The molecule has 3 aromatic rings. The fourth-order valence-electron chi connectivity index (χ4n) is 3.68. The predicted octanol–water partition coefficient (Wildman–Crippen LogP) is 4.56. The Labute approximate surface area is 149 Å². The van der Waals surface area contributed by atoms with Crippen molar-refractivity contribution in [2.45, 2.75) is 32.3 Å². The molecule has 1 aliphatic heterocycles. The zero-order valence-corrected chi connectivity index (χ0v) is 14.9. The lowest BCUT2D eigenvalue weighted by atomic mass is 10.1. The number of para-hydroxylation sites is 1. The number of piperidine rings is 1. The maximum absolute atomic E-state index is 6.13. The smallest absolute Gasteiger partial charge is 0.119 e. The quantitative estimate of drug-likeness (QED) is 0.741. The number of hydrogen-bond acceptors (Lipinski definition) is 2. The lowest BCUT2D eigenvalue weighted by molar-refractivity contribution is 0.101. The SMILES string of the molecule is Cc1ccc(OC2CCN(CCc3c[nH]c4ccccc34)CC2)cc1. The van der Waals surface area contributed by atoms with Crippen LogP contribution in [0.1, 0.15) is 24.0 Å². The molecule has 2 heterocycles. The van der Waals surface area contributed by atoms with E-state index >= 15 is 0 Å². The van der Waals surface area contributed by atoms with Gasteiger partial charge in [-0.1, -0.05) is 35.9 Å². The summed E-state index contributed by atoms with van der Waals surface area (Å²) < 4.78 is 6.13. The van der Waals surface area contributed by atoms with Crippen LogP contribution in [0.3, 0.4) is 0 Å². The van der Waals surface area contributed by atoms with Gasteiger partial charge in [0.1, 0.15) is 11.9 Å². The van der Waals surface area contributed by atoms with Crippen LogP contribution >= 0.6 is 0 Å². The molecule has 130 valence electrons. The average Bonchev–Trinajstić information content (AvgIpc) is 3.06. The van der Waals surface area contributed by atoms with Crippen molar-refractivity contribution in [3.8, 4) is 5.75 Å². The van der Waals surface area contributed by atoms with E-state index in [2.05, 4.69) is 71.5 Å². The van der Waals surface area contributed by atoms with Crippen LogP contribution in [0.25, 0.3) is 10.9 Å². The Morgan fingerprint density at radius 1 is 1.04 bits per heavy atom. The van der Waals surface area contributed by atoms with Crippen molar-refractivity contribution in [2.75, 3.05) is 19.6 Å². The number of benzene rings is 2. The third-order valence-corrected chi connectivity index (χ3v) is 5.23. The van der Waals surface area contributed by atoms with Gasteiger partial charge in [0.2, 0.25) is 0 Å². The summed E-state index contributed by atoms with van der Waals surface area (Å²) in [6.07, 6.45) is 5.85. The highest BCUT2D eigenvalue weighted by Gasteiger charge is 2.20. The largest absolute Gasteiger partial charge is 0.490 e. The molecule has 25 heavy (non-hydrogen) atoms.